The predicted molar refractivity (Wildman–Crippen MR) is 129 cm³/mol. The quantitative estimate of drug-likeness (QED) is 0.517. The molecule has 0 N–H and O–H groups in total. The molecule has 2 aliphatic rings. The first kappa shape index (κ1) is 23.1. The van der Waals surface area contributed by atoms with Crippen molar-refractivity contribution < 1.29 is 23.5 Å². The first-order valence-corrected chi connectivity index (χ1v) is 11.6. The van der Waals surface area contributed by atoms with Gasteiger partial charge < -0.3 is 9.47 Å². The fourth-order valence-corrected chi connectivity index (χ4v) is 5.05. The Bertz CT molecular complexity index is 1190. The van der Waals surface area contributed by atoms with Crippen molar-refractivity contribution >= 4 is 12.0 Å². The maximum absolute atomic E-state index is 17.0. The van der Waals surface area contributed by atoms with Crippen molar-refractivity contribution in [3.8, 4) is 5.75 Å². The Morgan fingerprint density at radius 3 is 2.31 bits per heavy atom. The Hall–Kier alpha value is -3.71. The molecular formula is C28H27FN2O4. The van der Waals surface area contributed by atoms with Crippen LogP contribution in [0, 0.1) is 0 Å². The number of methoxy groups -OCH3 is 1. The van der Waals surface area contributed by atoms with Crippen molar-refractivity contribution in [2.45, 2.75) is 24.2 Å². The summed E-state index contributed by atoms with van der Waals surface area (Å²) in [6.45, 7) is 0.718. The van der Waals surface area contributed by atoms with E-state index in [1.807, 2.05) is 65.6 Å². The summed E-state index contributed by atoms with van der Waals surface area (Å²) < 4.78 is 27.5. The predicted octanol–water partition coefficient (Wildman–Crippen LogP) is 4.72. The van der Waals surface area contributed by atoms with Gasteiger partial charge in [-0.1, -0.05) is 72.8 Å². The zero-order valence-electron chi connectivity index (χ0n) is 19.5. The molecular weight excluding hydrogens is 447 g/mol. The molecule has 0 aromatic heterocycles. The fourth-order valence-electron chi connectivity index (χ4n) is 5.05. The van der Waals surface area contributed by atoms with E-state index in [-0.39, 0.29) is 13.2 Å². The van der Waals surface area contributed by atoms with Gasteiger partial charge in [-0.15, -0.1) is 0 Å². The van der Waals surface area contributed by atoms with E-state index in [2.05, 4.69) is 0 Å². The van der Waals surface area contributed by atoms with Crippen molar-refractivity contribution in [3.05, 3.63) is 102 Å². The first-order valence-electron chi connectivity index (χ1n) is 11.6. The molecule has 0 aliphatic carbocycles. The van der Waals surface area contributed by atoms with E-state index in [9.17, 15) is 9.59 Å². The Balaban J connectivity index is 1.49. The van der Waals surface area contributed by atoms with Crippen LogP contribution in [0.5, 0.6) is 5.75 Å². The zero-order chi connectivity index (χ0) is 24.4. The van der Waals surface area contributed by atoms with Gasteiger partial charge in [0.2, 0.25) is 5.67 Å². The molecule has 2 aliphatic heterocycles. The lowest BCUT2D eigenvalue weighted by Gasteiger charge is -2.31. The third kappa shape index (κ3) is 4.39. The number of imide groups is 1. The average molecular weight is 475 g/mol. The van der Waals surface area contributed by atoms with Gasteiger partial charge in [-0.2, -0.15) is 0 Å². The van der Waals surface area contributed by atoms with Crippen LogP contribution in [0.1, 0.15) is 28.7 Å². The molecule has 0 spiro atoms. The van der Waals surface area contributed by atoms with Gasteiger partial charge in [0.25, 0.3) is 5.91 Å². The van der Waals surface area contributed by atoms with Crippen molar-refractivity contribution in [3.63, 3.8) is 0 Å². The number of nitrogens with zero attached hydrogens (tertiary/aromatic N) is 2. The lowest BCUT2D eigenvalue weighted by atomic mass is 9.85. The molecule has 3 atom stereocenters. The molecule has 7 heteroatoms. The van der Waals surface area contributed by atoms with Gasteiger partial charge in [-0.25, -0.2) is 14.1 Å². The number of rotatable bonds is 6. The van der Waals surface area contributed by atoms with Crippen LogP contribution < -0.4 is 4.74 Å². The van der Waals surface area contributed by atoms with Gasteiger partial charge in [-0.3, -0.25) is 9.69 Å². The van der Waals surface area contributed by atoms with E-state index in [0.717, 1.165) is 16.0 Å². The minimum atomic E-state index is -2.31. The Kier molecular flexibility index (Phi) is 6.26. The number of alkyl halides is 1. The molecule has 5 rings (SSSR count). The number of carbonyl (C=O) groups is 2. The van der Waals surface area contributed by atoms with Gasteiger partial charge in [0.15, 0.2) is 0 Å². The maximum Gasteiger partial charge on any atom is 0.417 e. The average Bonchev–Trinajstić information content (AvgIpc) is 3.45. The van der Waals surface area contributed by atoms with Crippen LogP contribution in [0.15, 0.2) is 84.9 Å². The third-order valence-electron chi connectivity index (χ3n) is 6.85. The van der Waals surface area contributed by atoms with E-state index in [1.165, 1.54) is 0 Å². The number of ether oxygens (including phenoxy) is 2. The first-order chi connectivity index (χ1) is 17.0. The van der Waals surface area contributed by atoms with Crippen LogP contribution in [0.3, 0.4) is 0 Å². The minimum Gasteiger partial charge on any atom is -0.497 e. The molecule has 0 radical (unpaired) electrons. The van der Waals surface area contributed by atoms with E-state index in [4.69, 9.17) is 9.47 Å². The summed E-state index contributed by atoms with van der Waals surface area (Å²) in [5.41, 5.74) is 0.136. The normalized spacial score (nSPS) is 24.4. The molecule has 0 unspecified atom stereocenters. The fraction of sp³-hybridized carbons (Fsp3) is 0.286. The number of halogens is 1. The highest BCUT2D eigenvalue weighted by atomic mass is 19.1. The van der Waals surface area contributed by atoms with Gasteiger partial charge in [0.05, 0.1) is 7.11 Å². The highest BCUT2D eigenvalue weighted by molar-refractivity contribution is 5.99. The second-order valence-electron chi connectivity index (χ2n) is 9.02. The van der Waals surface area contributed by atoms with Gasteiger partial charge >= 0.3 is 6.09 Å². The summed E-state index contributed by atoms with van der Waals surface area (Å²) in [6, 6.07) is 25.3. The van der Waals surface area contributed by atoms with E-state index >= 15 is 4.39 Å². The maximum atomic E-state index is 17.0. The van der Waals surface area contributed by atoms with Crippen LogP contribution in [0.2, 0.25) is 0 Å². The molecule has 6 nitrogen and oxygen atoms in total. The number of benzene rings is 3. The van der Waals surface area contributed by atoms with Crippen molar-refractivity contribution in [1.82, 2.24) is 9.80 Å². The number of cyclic esters (lactones) is 1. The largest absolute Gasteiger partial charge is 0.497 e. The molecule has 0 bridgehead atoms. The molecule has 180 valence electrons. The summed E-state index contributed by atoms with van der Waals surface area (Å²) >= 11 is 0. The Morgan fingerprint density at radius 1 is 1.00 bits per heavy atom. The van der Waals surface area contributed by atoms with Crippen molar-refractivity contribution in [2.75, 3.05) is 26.8 Å². The van der Waals surface area contributed by atoms with E-state index in [0.29, 0.717) is 24.4 Å². The van der Waals surface area contributed by atoms with E-state index in [1.54, 1.807) is 31.4 Å². The van der Waals surface area contributed by atoms with Gasteiger partial charge in [-0.05, 0) is 28.8 Å². The second-order valence-corrected chi connectivity index (χ2v) is 9.02. The Morgan fingerprint density at radius 2 is 1.66 bits per heavy atom. The highest BCUT2D eigenvalue weighted by Crippen LogP contribution is 2.43. The van der Waals surface area contributed by atoms with Crippen LogP contribution in [0.4, 0.5) is 9.18 Å². The monoisotopic (exact) mass is 474 g/mol. The number of likely N-dealkylation sites (tertiary alicyclic amines) is 1. The lowest BCUT2D eigenvalue weighted by molar-refractivity contribution is -0.142. The van der Waals surface area contributed by atoms with Crippen molar-refractivity contribution in [2.24, 2.45) is 0 Å². The standard InChI is InChI=1S/C28H27FN2O4/c1-34-23-14-12-21(13-15-23)24-17-30(16-20-8-4-2-5-9-20)19-28(24,29)26(32)31-25(18-35-27(31)33)22-10-6-3-7-11-22/h2-15,24-25H,16-19H2,1H3/t24-,25-,28-/m0/s1. The van der Waals surface area contributed by atoms with Gasteiger partial charge in [0.1, 0.15) is 18.4 Å². The van der Waals surface area contributed by atoms with E-state index < -0.39 is 29.6 Å². The molecule has 2 heterocycles. The highest BCUT2D eigenvalue weighted by Gasteiger charge is 2.58. The summed E-state index contributed by atoms with van der Waals surface area (Å²) in [6.07, 6.45) is -0.809. The summed E-state index contributed by atoms with van der Waals surface area (Å²) in [4.78, 5) is 29.5. The minimum absolute atomic E-state index is 0.00555. The summed E-state index contributed by atoms with van der Waals surface area (Å²) in [5, 5.41) is 0. The Labute approximate surface area is 203 Å². The lowest BCUT2D eigenvalue weighted by Crippen LogP contribution is -2.51. The van der Waals surface area contributed by atoms with Crippen LogP contribution >= 0.6 is 0 Å². The third-order valence-corrected chi connectivity index (χ3v) is 6.85. The number of carbonyl (C=O) groups excluding carboxylic acids is 2. The van der Waals surface area contributed by atoms with Crippen molar-refractivity contribution in [1.29, 1.82) is 0 Å². The number of hydrogen-bond donors (Lipinski definition) is 0. The second kappa shape index (κ2) is 9.50. The smallest absolute Gasteiger partial charge is 0.417 e. The summed E-state index contributed by atoms with van der Waals surface area (Å²) in [7, 11) is 1.57. The number of hydrogen-bond acceptors (Lipinski definition) is 5. The molecule has 2 amide bonds. The summed E-state index contributed by atoms with van der Waals surface area (Å²) in [5.74, 6) is -0.962. The molecule has 35 heavy (non-hydrogen) atoms. The molecule has 2 saturated heterocycles. The van der Waals surface area contributed by atoms with Crippen LogP contribution in [-0.2, 0) is 16.1 Å². The van der Waals surface area contributed by atoms with Crippen LogP contribution in [0.25, 0.3) is 0 Å². The SMILES string of the molecule is COc1ccc([C@@H]2CN(Cc3ccccc3)C[C@@]2(F)C(=O)N2C(=O)OC[C@H]2c2ccccc2)cc1. The van der Waals surface area contributed by atoms with Crippen LogP contribution in [-0.4, -0.2) is 54.3 Å². The topological polar surface area (TPSA) is 59.1 Å². The number of amides is 2. The zero-order valence-corrected chi connectivity index (χ0v) is 19.5. The molecule has 2 fully saturated rings. The molecule has 3 aromatic carbocycles. The molecule has 0 saturated carbocycles. The molecule has 3 aromatic rings. The van der Waals surface area contributed by atoms with Gasteiger partial charge in [0, 0.05) is 25.6 Å².